The molecule has 0 amide bonds. The van der Waals surface area contributed by atoms with Crippen molar-refractivity contribution >= 4 is 11.8 Å². The molecule has 1 saturated carbocycles. The third-order valence-corrected chi connectivity index (χ3v) is 7.34. The molecule has 0 atom stereocenters. The van der Waals surface area contributed by atoms with Crippen LogP contribution >= 0.6 is 0 Å². The molecule has 2 N–H and O–H groups in total. The van der Waals surface area contributed by atoms with Crippen LogP contribution in [0, 0.1) is 26.7 Å². The van der Waals surface area contributed by atoms with E-state index >= 15 is 0 Å². The van der Waals surface area contributed by atoms with E-state index in [4.69, 9.17) is 9.97 Å². The third kappa shape index (κ3) is 5.43. The van der Waals surface area contributed by atoms with E-state index in [1.807, 2.05) is 0 Å². The quantitative estimate of drug-likeness (QED) is 0.633. The summed E-state index contributed by atoms with van der Waals surface area (Å²) in [4.78, 5) is 12.0. The Morgan fingerprint density at radius 2 is 1.62 bits per heavy atom. The molecule has 2 aliphatic carbocycles. The molecule has 1 fully saturated rings. The maximum absolute atomic E-state index is 4.91. The fraction of sp³-hybridized carbons (Fsp3) is 0.630. The second-order valence-electron chi connectivity index (χ2n) is 10.3. The molecule has 0 aliphatic heterocycles. The molecule has 2 aromatic rings. The minimum absolute atomic E-state index is 0.490. The van der Waals surface area contributed by atoms with Crippen LogP contribution in [0.4, 0.5) is 11.8 Å². The van der Waals surface area contributed by atoms with Gasteiger partial charge < -0.3 is 15.5 Å². The van der Waals surface area contributed by atoms with Crippen LogP contribution in [-0.4, -0.2) is 36.6 Å². The SMILES string of the molecule is Cc1cc(C)c(CNC[C@H]2CC[C@@H](Nc3nc4c(c(N(C)C)n3)CCCC4)CC2)c(C)c1. The van der Waals surface area contributed by atoms with Crippen LogP contribution in [0.3, 0.4) is 0 Å². The lowest BCUT2D eigenvalue weighted by Crippen LogP contribution is -2.32. The Morgan fingerprint density at radius 3 is 2.31 bits per heavy atom. The van der Waals surface area contributed by atoms with Gasteiger partial charge in [-0.3, -0.25) is 0 Å². The first-order valence-corrected chi connectivity index (χ1v) is 12.5. The van der Waals surface area contributed by atoms with Gasteiger partial charge in [0.05, 0.1) is 5.69 Å². The third-order valence-electron chi connectivity index (χ3n) is 7.34. The number of aryl methyl sites for hydroxylation is 4. The summed E-state index contributed by atoms with van der Waals surface area (Å²) in [6, 6.07) is 5.08. The number of rotatable bonds is 7. The minimum atomic E-state index is 0.490. The van der Waals surface area contributed by atoms with Gasteiger partial charge in [-0.1, -0.05) is 17.7 Å². The van der Waals surface area contributed by atoms with Gasteiger partial charge in [-0.25, -0.2) is 4.98 Å². The van der Waals surface area contributed by atoms with Crippen molar-refractivity contribution in [2.75, 3.05) is 30.9 Å². The lowest BCUT2D eigenvalue weighted by Gasteiger charge is -2.30. The normalized spacial score (nSPS) is 20.7. The average Bonchev–Trinajstić information content (AvgIpc) is 2.76. The molecule has 174 valence electrons. The van der Waals surface area contributed by atoms with Gasteiger partial charge in [0.2, 0.25) is 5.95 Å². The van der Waals surface area contributed by atoms with Gasteiger partial charge >= 0.3 is 0 Å². The first-order valence-electron chi connectivity index (χ1n) is 12.5. The summed E-state index contributed by atoms with van der Waals surface area (Å²) in [6.07, 6.45) is 9.64. The molecular weight excluding hydrogens is 394 g/mol. The number of aromatic nitrogens is 2. The predicted octanol–water partition coefficient (Wildman–Crippen LogP) is 5.11. The minimum Gasteiger partial charge on any atom is -0.362 e. The fourth-order valence-corrected chi connectivity index (χ4v) is 5.59. The summed E-state index contributed by atoms with van der Waals surface area (Å²) in [7, 11) is 4.19. The van der Waals surface area contributed by atoms with E-state index in [2.05, 4.69) is 62.5 Å². The molecule has 32 heavy (non-hydrogen) atoms. The number of anilines is 2. The van der Waals surface area contributed by atoms with Crippen LogP contribution in [0.5, 0.6) is 0 Å². The fourth-order valence-electron chi connectivity index (χ4n) is 5.59. The molecule has 0 saturated heterocycles. The lowest BCUT2D eigenvalue weighted by molar-refractivity contribution is 0.323. The number of nitrogens with one attached hydrogen (secondary N) is 2. The number of benzene rings is 1. The standard InChI is InChI=1S/C27H41N5/c1-18-14-19(2)24(20(3)15-18)17-28-16-21-10-12-22(13-11-21)29-27-30-25-9-7-6-8-23(25)26(31-27)32(4)5/h14-15,21-22,28H,6-13,16-17H2,1-5H3,(H,29,30,31)/t21-,22+. The van der Waals surface area contributed by atoms with Crippen LogP contribution in [0.2, 0.25) is 0 Å². The summed E-state index contributed by atoms with van der Waals surface area (Å²) in [6.45, 7) is 8.74. The second-order valence-corrected chi connectivity index (χ2v) is 10.3. The van der Waals surface area contributed by atoms with Crippen molar-refractivity contribution in [2.24, 2.45) is 5.92 Å². The summed E-state index contributed by atoms with van der Waals surface area (Å²) in [5.41, 5.74) is 8.26. The van der Waals surface area contributed by atoms with Gasteiger partial charge in [-0.05, 0) is 101 Å². The molecule has 2 aliphatic rings. The van der Waals surface area contributed by atoms with Crippen molar-refractivity contribution in [1.82, 2.24) is 15.3 Å². The zero-order valence-electron chi connectivity index (χ0n) is 20.7. The zero-order chi connectivity index (χ0) is 22.7. The smallest absolute Gasteiger partial charge is 0.225 e. The van der Waals surface area contributed by atoms with Gasteiger partial charge in [0.15, 0.2) is 0 Å². The number of fused-ring (bicyclic) bond motifs is 1. The maximum Gasteiger partial charge on any atom is 0.225 e. The van der Waals surface area contributed by atoms with E-state index in [1.54, 1.807) is 0 Å². The molecule has 5 nitrogen and oxygen atoms in total. The monoisotopic (exact) mass is 435 g/mol. The zero-order valence-corrected chi connectivity index (χ0v) is 20.7. The topological polar surface area (TPSA) is 53.1 Å². The Labute approximate surface area is 194 Å². The molecule has 0 spiro atoms. The Bertz CT molecular complexity index is 905. The van der Waals surface area contributed by atoms with Crippen molar-refractivity contribution in [2.45, 2.75) is 84.7 Å². The van der Waals surface area contributed by atoms with Gasteiger partial charge in [-0.15, -0.1) is 0 Å². The van der Waals surface area contributed by atoms with Crippen LogP contribution in [-0.2, 0) is 19.4 Å². The highest BCUT2D eigenvalue weighted by molar-refractivity contribution is 5.53. The number of nitrogens with zero attached hydrogens (tertiary/aromatic N) is 3. The van der Waals surface area contributed by atoms with Gasteiger partial charge in [0.1, 0.15) is 5.82 Å². The van der Waals surface area contributed by atoms with Crippen molar-refractivity contribution in [3.63, 3.8) is 0 Å². The average molecular weight is 436 g/mol. The largest absolute Gasteiger partial charge is 0.362 e. The molecule has 0 unspecified atom stereocenters. The maximum atomic E-state index is 4.91. The van der Waals surface area contributed by atoms with Crippen LogP contribution in [0.25, 0.3) is 0 Å². The first-order chi connectivity index (χ1) is 15.4. The Kier molecular flexibility index (Phi) is 7.34. The predicted molar refractivity (Wildman–Crippen MR) is 135 cm³/mol. The summed E-state index contributed by atoms with van der Waals surface area (Å²) in [5.74, 6) is 2.71. The molecule has 0 radical (unpaired) electrons. The molecule has 1 aromatic carbocycles. The molecule has 4 rings (SSSR count). The highest BCUT2D eigenvalue weighted by Crippen LogP contribution is 2.30. The van der Waals surface area contributed by atoms with Gasteiger partial charge in [0.25, 0.3) is 0 Å². The molecule has 1 heterocycles. The lowest BCUT2D eigenvalue weighted by atomic mass is 9.86. The van der Waals surface area contributed by atoms with E-state index in [9.17, 15) is 0 Å². The second kappa shape index (κ2) is 10.2. The Hall–Kier alpha value is -2.14. The van der Waals surface area contributed by atoms with E-state index in [0.29, 0.717) is 6.04 Å². The van der Waals surface area contributed by atoms with E-state index in [1.165, 1.54) is 72.0 Å². The van der Waals surface area contributed by atoms with E-state index < -0.39 is 0 Å². The van der Waals surface area contributed by atoms with Crippen molar-refractivity contribution < 1.29 is 0 Å². The van der Waals surface area contributed by atoms with Crippen molar-refractivity contribution in [3.8, 4) is 0 Å². The van der Waals surface area contributed by atoms with E-state index in [0.717, 1.165) is 43.6 Å². The number of hydrogen-bond donors (Lipinski definition) is 2. The van der Waals surface area contributed by atoms with Crippen LogP contribution in [0.15, 0.2) is 12.1 Å². The summed E-state index contributed by atoms with van der Waals surface area (Å²) >= 11 is 0. The summed E-state index contributed by atoms with van der Waals surface area (Å²) in [5, 5.41) is 7.42. The van der Waals surface area contributed by atoms with Crippen molar-refractivity contribution in [3.05, 3.63) is 45.6 Å². The van der Waals surface area contributed by atoms with Gasteiger partial charge in [-0.2, -0.15) is 4.98 Å². The highest BCUT2D eigenvalue weighted by atomic mass is 15.2. The highest BCUT2D eigenvalue weighted by Gasteiger charge is 2.24. The van der Waals surface area contributed by atoms with Crippen LogP contribution in [0.1, 0.15) is 72.0 Å². The summed E-state index contributed by atoms with van der Waals surface area (Å²) < 4.78 is 0. The first kappa shape index (κ1) is 23.0. The Morgan fingerprint density at radius 1 is 0.938 bits per heavy atom. The van der Waals surface area contributed by atoms with E-state index in [-0.39, 0.29) is 0 Å². The molecule has 0 bridgehead atoms. The Balaban J connectivity index is 1.28. The molecule has 5 heteroatoms. The number of hydrogen-bond acceptors (Lipinski definition) is 5. The molecular formula is C27H41N5. The van der Waals surface area contributed by atoms with Crippen molar-refractivity contribution in [1.29, 1.82) is 0 Å². The van der Waals surface area contributed by atoms with Crippen LogP contribution < -0.4 is 15.5 Å². The molecule has 1 aromatic heterocycles. The van der Waals surface area contributed by atoms with Gasteiger partial charge in [0, 0.05) is 32.2 Å².